The third kappa shape index (κ3) is 2.98. The van der Waals surface area contributed by atoms with Crippen LogP contribution in [0.15, 0.2) is 0 Å². The van der Waals surface area contributed by atoms with Crippen molar-refractivity contribution < 1.29 is 4.74 Å². The molecular formula is C16H32N2O. The summed E-state index contributed by atoms with van der Waals surface area (Å²) in [5.74, 6) is 0.772. The average Bonchev–Trinajstić information content (AvgIpc) is 2.42. The fourth-order valence-electron chi connectivity index (χ4n) is 3.72. The van der Waals surface area contributed by atoms with Gasteiger partial charge < -0.3 is 10.1 Å². The zero-order chi connectivity index (χ0) is 14.0. The van der Waals surface area contributed by atoms with Crippen molar-refractivity contribution >= 4 is 0 Å². The highest BCUT2D eigenvalue weighted by Gasteiger charge is 2.51. The summed E-state index contributed by atoms with van der Waals surface area (Å²) < 4.78 is 5.87. The number of piperazine rings is 1. The van der Waals surface area contributed by atoms with E-state index < -0.39 is 0 Å². The first kappa shape index (κ1) is 15.3. The molecule has 2 rings (SSSR count). The summed E-state index contributed by atoms with van der Waals surface area (Å²) in [6.45, 7) is 15.9. The Morgan fingerprint density at radius 1 is 1.37 bits per heavy atom. The summed E-state index contributed by atoms with van der Waals surface area (Å²) in [5.41, 5.74) is 0.313. The molecule has 1 aliphatic heterocycles. The molecule has 0 bridgehead atoms. The molecule has 1 saturated carbocycles. The Labute approximate surface area is 119 Å². The molecule has 112 valence electrons. The van der Waals surface area contributed by atoms with Gasteiger partial charge in [-0.2, -0.15) is 0 Å². The highest BCUT2D eigenvalue weighted by Crippen LogP contribution is 2.46. The molecule has 0 aromatic carbocycles. The van der Waals surface area contributed by atoms with Crippen molar-refractivity contribution in [3.8, 4) is 0 Å². The van der Waals surface area contributed by atoms with Crippen LogP contribution in [0.2, 0.25) is 0 Å². The van der Waals surface area contributed by atoms with Crippen molar-refractivity contribution in [2.24, 2.45) is 11.3 Å². The van der Waals surface area contributed by atoms with Gasteiger partial charge in [0, 0.05) is 43.7 Å². The van der Waals surface area contributed by atoms with Crippen molar-refractivity contribution in [3.63, 3.8) is 0 Å². The highest BCUT2D eigenvalue weighted by molar-refractivity contribution is 5.05. The van der Waals surface area contributed by atoms with E-state index in [9.17, 15) is 0 Å². The Hall–Kier alpha value is -0.120. The second-order valence-corrected chi connectivity index (χ2v) is 6.96. The molecule has 19 heavy (non-hydrogen) atoms. The summed E-state index contributed by atoms with van der Waals surface area (Å²) in [4.78, 5) is 2.71. The molecule has 4 atom stereocenters. The van der Waals surface area contributed by atoms with Crippen LogP contribution < -0.4 is 5.32 Å². The van der Waals surface area contributed by atoms with Crippen LogP contribution in [-0.2, 0) is 4.74 Å². The fraction of sp³-hybridized carbons (Fsp3) is 1.00. The third-order valence-electron chi connectivity index (χ3n) is 5.50. The van der Waals surface area contributed by atoms with Crippen LogP contribution in [0.4, 0.5) is 0 Å². The lowest BCUT2D eigenvalue weighted by molar-refractivity contribution is -0.154. The molecule has 0 aromatic rings. The van der Waals surface area contributed by atoms with Crippen LogP contribution >= 0.6 is 0 Å². The second-order valence-electron chi connectivity index (χ2n) is 6.96. The molecule has 1 heterocycles. The Balaban J connectivity index is 1.92. The van der Waals surface area contributed by atoms with Gasteiger partial charge in [0.05, 0.1) is 6.10 Å². The maximum Gasteiger partial charge on any atom is 0.0655 e. The monoisotopic (exact) mass is 268 g/mol. The summed E-state index contributed by atoms with van der Waals surface area (Å²) in [5, 5.41) is 3.69. The number of ether oxygens (including phenoxy) is 1. The van der Waals surface area contributed by atoms with Gasteiger partial charge in [-0.15, -0.1) is 0 Å². The molecule has 0 aromatic heterocycles. The van der Waals surface area contributed by atoms with E-state index in [1.54, 1.807) is 0 Å². The molecular weight excluding hydrogens is 236 g/mol. The summed E-state index contributed by atoms with van der Waals surface area (Å²) in [6.07, 6.45) is 2.94. The highest BCUT2D eigenvalue weighted by atomic mass is 16.5. The Morgan fingerprint density at radius 3 is 2.68 bits per heavy atom. The number of nitrogens with one attached hydrogen (secondary N) is 1. The van der Waals surface area contributed by atoms with Crippen LogP contribution in [0.3, 0.4) is 0 Å². The van der Waals surface area contributed by atoms with Gasteiger partial charge in [-0.05, 0) is 19.3 Å². The van der Waals surface area contributed by atoms with Crippen molar-refractivity contribution in [2.75, 3.05) is 26.2 Å². The molecule has 0 amide bonds. The summed E-state index contributed by atoms with van der Waals surface area (Å²) in [7, 11) is 0. The number of hydrogen-bond acceptors (Lipinski definition) is 3. The molecule has 2 aliphatic rings. The van der Waals surface area contributed by atoms with Crippen LogP contribution in [0.25, 0.3) is 0 Å². The minimum Gasteiger partial charge on any atom is -0.378 e. The molecule has 1 N–H and O–H groups in total. The molecule has 1 saturated heterocycles. The van der Waals surface area contributed by atoms with Crippen LogP contribution in [0, 0.1) is 11.3 Å². The number of hydrogen-bond donors (Lipinski definition) is 1. The topological polar surface area (TPSA) is 24.5 Å². The van der Waals surface area contributed by atoms with Crippen molar-refractivity contribution in [1.29, 1.82) is 0 Å². The zero-order valence-electron chi connectivity index (χ0n) is 13.4. The maximum atomic E-state index is 5.87. The van der Waals surface area contributed by atoms with Crippen LogP contribution in [0.5, 0.6) is 0 Å². The van der Waals surface area contributed by atoms with Gasteiger partial charge in [0.25, 0.3) is 0 Å². The van der Waals surface area contributed by atoms with E-state index >= 15 is 0 Å². The third-order valence-corrected chi connectivity index (χ3v) is 5.50. The summed E-state index contributed by atoms with van der Waals surface area (Å²) in [6, 6.07) is 1.37. The molecule has 3 heteroatoms. The van der Waals surface area contributed by atoms with Gasteiger partial charge in [-0.1, -0.05) is 34.1 Å². The minimum absolute atomic E-state index is 0.313. The van der Waals surface area contributed by atoms with Gasteiger partial charge in [-0.3, -0.25) is 4.90 Å². The predicted octanol–water partition coefficient (Wildman–Crippen LogP) is 2.51. The smallest absolute Gasteiger partial charge is 0.0655 e. The Morgan fingerprint density at radius 2 is 2.11 bits per heavy atom. The molecule has 0 radical (unpaired) electrons. The average molecular weight is 268 g/mol. The van der Waals surface area contributed by atoms with Gasteiger partial charge in [0.1, 0.15) is 0 Å². The maximum absolute atomic E-state index is 5.87. The van der Waals surface area contributed by atoms with E-state index in [0.29, 0.717) is 23.6 Å². The number of nitrogens with zero attached hydrogens (tertiary/aromatic N) is 1. The van der Waals surface area contributed by atoms with Crippen molar-refractivity contribution in [1.82, 2.24) is 10.2 Å². The normalized spacial score (nSPS) is 36.8. The molecule has 4 unspecified atom stereocenters. The molecule has 2 fully saturated rings. The molecule has 0 spiro atoms. The Bertz CT molecular complexity index is 292. The SMILES string of the molecule is CCOC1CC(N2CCNC(C(C)CC)C2)C1(C)C. The lowest BCUT2D eigenvalue weighted by Gasteiger charge is -2.57. The predicted molar refractivity (Wildman–Crippen MR) is 80.4 cm³/mol. The van der Waals surface area contributed by atoms with Crippen molar-refractivity contribution in [3.05, 3.63) is 0 Å². The first-order valence-electron chi connectivity index (χ1n) is 8.09. The van der Waals surface area contributed by atoms with E-state index in [1.165, 1.54) is 25.9 Å². The second kappa shape index (κ2) is 6.11. The summed E-state index contributed by atoms with van der Waals surface area (Å²) >= 11 is 0. The van der Waals surface area contributed by atoms with Gasteiger partial charge >= 0.3 is 0 Å². The minimum atomic E-state index is 0.313. The van der Waals surface area contributed by atoms with Crippen LogP contribution in [0.1, 0.15) is 47.5 Å². The standard InChI is InChI=1S/C16H32N2O/c1-6-12(3)13-11-18(9-8-17-13)14-10-15(19-7-2)16(14,4)5/h12-15,17H,6-11H2,1-5H3. The first-order valence-corrected chi connectivity index (χ1v) is 8.09. The zero-order valence-corrected chi connectivity index (χ0v) is 13.4. The number of rotatable bonds is 5. The van der Waals surface area contributed by atoms with E-state index in [1.807, 2.05) is 0 Å². The van der Waals surface area contributed by atoms with Gasteiger partial charge in [0.15, 0.2) is 0 Å². The Kier molecular flexibility index (Phi) is 4.91. The van der Waals surface area contributed by atoms with E-state index in [0.717, 1.165) is 19.1 Å². The fourth-order valence-corrected chi connectivity index (χ4v) is 3.72. The molecule has 1 aliphatic carbocycles. The van der Waals surface area contributed by atoms with E-state index in [4.69, 9.17) is 4.74 Å². The quantitative estimate of drug-likeness (QED) is 0.829. The van der Waals surface area contributed by atoms with Crippen LogP contribution in [-0.4, -0.2) is 49.3 Å². The largest absolute Gasteiger partial charge is 0.378 e. The first-order chi connectivity index (χ1) is 9.00. The lowest BCUT2D eigenvalue weighted by atomic mass is 9.63. The lowest BCUT2D eigenvalue weighted by Crippen LogP contribution is -2.66. The van der Waals surface area contributed by atoms with Crippen molar-refractivity contribution in [2.45, 2.75) is 65.6 Å². The van der Waals surface area contributed by atoms with Gasteiger partial charge in [-0.25, -0.2) is 0 Å². The van der Waals surface area contributed by atoms with Gasteiger partial charge in [0.2, 0.25) is 0 Å². The van der Waals surface area contributed by atoms with E-state index in [-0.39, 0.29) is 0 Å². The molecule has 3 nitrogen and oxygen atoms in total. The van der Waals surface area contributed by atoms with E-state index in [2.05, 4.69) is 44.8 Å².